The van der Waals surface area contributed by atoms with Gasteiger partial charge in [-0.25, -0.2) is 8.42 Å². The largest absolute Gasteiger partial charge is 0.337 e. The monoisotopic (exact) mass is 442 g/mol. The second-order valence-corrected chi connectivity index (χ2v) is 9.51. The highest BCUT2D eigenvalue weighted by atomic mass is 32.2. The van der Waals surface area contributed by atoms with E-state index in [0.29, 0.717) is 11.5 Å². The van der Waals surface area contributed by atoms with Crippen molar-refractivity contribution in [2.75, 3.05) is 17.6 Å². The fraction of sp³-hybridized carbons (Fsp3) is 0.318. The fourth-order valence-electron chi connectivity index (χ4n) is 3.31. The van der Waals surface area contributed by atoms with Gasteiger partial charge in [0.2, 0.25) is 27.6 Å². The summed E-state index contributed by atoms with van der Waals surface area (Å²) in [6, 6.07) is 13.7. The first-order valence-corrected chi connectivity index (χ1v) is 11.6. The van der Waals surface area contributed by atoms with Crippen LogP contribution in [0, 0.1) is 13.8 Å². The van der Waals surface area contributed by atoms with Crippen molar-refractivity contribution in [1.82, 2.24) is 15.0 Å². The van der Waals surface area contributed by atoms with Gasteiger partial charge in [-0.1, -0.05) is 46.6 Å². The zero-order valence-corrected chi connectivity index (χ0v) is 19.0. The summed E-state index contributed by atoms with van der Waals surface area (Å²) >= 11 is 0. The van der Waals surface area contributed by atoms with Gasteiger partial charge in [-0.3, -0.25) is 9.10 Å². The van der Waals surface area contributed by atoms with Crippen molar-refractivity contribution >= 4 is 21.6 Å². The molecule has 0 saturated carbocycles. The second kappa shape index (κ2) is 8.89. The molecule has 0 saturated heterocycles. The number of rotatable bonds is 7. The smallest absolute Gasteiger partial charge is 0.246 e. The van der Waals surface area contributed by atoms with Crippen LogP contribution in [0.1, 0.15) is 23.9 Å². The highest BCUT2D eigenvalue weighted by Gasteiger charge is 2.31. The van der Waals surface area contributed by atoms with E-state index in [1.54, 1.807) is 38.2 Å². The number of benzene rings is 2. The number of sulfonamides is 1. The SMILES string of the molecule is Cc1ccc(N([C@@H](C)C(=O)N(C)Cc2nc(-c3cccc(C)c3)no2)S(C)(=O)=O)cc1. The van der Waals surface area contributed by atoms with Crippen LogP contribution in [0.2, 0.25) is 0 Å². The molecule has 1 aromatic heterocycles. The number of hydrogen-bond donors (Lipinski definition) is 0. The number of carbonyl (C=O) groups is 1. The van der Waals surface area contributed by atoms with Gasteiger partial charge in [0.15, 0.2) is 0 Å². The van der Waals surface area contributed by atoms with Gasteiger partial charge in [-0.2, -0.15) is 4.98 Å². The lowest BCUT2D eigenvalue weighted by molar-refractivity contribution is -0.131. The van der Waals surface area contributed by atoms with Gasteiger partial charge in [0.05, 0.1) is 18.5 Å². The maximum Gasteiger partial charge on any atom is 0.246 e. The minimum absolute atomic E-state index is 0.0630. The molecule has 8 nitrogen and oxygen atoms in total. The number of amides is 1. The molecule has 2 aromatic carbocycles. The van der Waals surface area contributed by atoms with Crippen molar-refractivity contribution in [2.24, 2.45) is 0 Å². The summed E-state index contributed by atoms with van der Waals surface area (Å²) in [5.74, 6) is 0.312. The molecule has 0 fully saturated rings. The van der Waals surface area contributed by atoms with Crippen molar-refractivity contribution in [3.8, 4) is 11.4 Å². The van der Waals surface area contributed by atoms with E-state index in [1.165, 1.54) is 4.90 Å². The van der Waals surface area contributed by atoms with E-state index in [2.05, 4.69) is 10.1 Å². The van der Waals surface area contributed by atoms with Gasteiger partial charge >= 0.3 is 0 Å². The molecule has 0 aliphatic heterocycles. The van der Waals surface area contributed by atoms with E-state index in [4.69, 9.17) is 4.52 Å². The summed E-state index contributed by atoms with van der Waals surface area (Å²) in [5.41, 5.74) is 3.32. The van der Waals surface area contributed by atoms with Crippen molar-refractivity contribution in [1.29, 1.82) is 0 Å². The molecule has 0 aliphatic rings. The number of anilines is 1. The molecule has 3 rings (SSSR count). The van der Waals surface area contributed by atoms with Crippen molar-refractivity contribution < 1.29 is 17.7 Å². The molecule has 0 bridgehead atoms. The Balaban J connectivity index is 1.77. The number of nitrogens with zero attached hydrogens (tertiary/aromatic N) is 4. The summed E-state index contributed by atoms with van der Waals surface area (Å²) in [6.45, 7) is 5.51. The Morgan fingerprint density at radius 3 is 2.39 bits per heavy atom. The molecule has 31 heavy (non-hydrogen) atoms. The van der Waals surface area contributed by atoms with Crippen molar-refractivity contribution in [3.05, 3.63) is 65.5 Å². The highest BCUT2D eigenvalue weighted by molar-refractivity contribution is 7.92. The Morgan fingerprint density at radius 2 is 1.77 bits per heavy atom. The quantitative estimate of drug-likeness (QED) is 0.558. The third kappa shape index (κ3) is 5.29. The second-order valence-electron chi connectivity index (χ2n) is 7.65. The average Bonchev–Trinajstić information content (AvgIpc) is 3.16. The lowest BCUT2D eigenvalue weighted by Crippen LogP contribution is -2.48. The van der Waals surface area contributed by atoms with Crippen molar-refractivity contribution in [3.63, 3.8) is 0 Å². The first-order valence-electron chi connectivity index (χ1n) is 9.77. The number of likely N-dealkylation sites (N-methyl/N-ethyl adjacent to an activating group) is 1. The van der Waals surface area contributed by atoms with Crippen LogP contribution in [0.15, 0.2) is 53.1 Å². The summed E-state index contributed by atoms with van der Waals surface area (Å²) < 4.78 is 31.3. The molecule has 164 valence electrons. The van der Waals surface area contributed by atoms with Gasteiger partial charge in [0.25, 0.3) is 0 Å². The predicted molar refractivity (Wildman–Crippen MR) is 119 cm³/mol. The van der Waals surface area contributed by atoms with Gasteiger partial charge in [-0.05, 0) is 39.0 Å². The third-order valence-corrected chi connectivity index (χ3v) is 6.09. The van der Waals surface area contributed by atoms with E-state index in [9.17, 15) is 13.2 Å². The maximum atomic E-state index is 13.0. The molecule has 0 unspecified atom stereocenters. The highest BCUT2D eigenvalue weighted by Crippen LogP contribution is 2.23. The maximum absolute atomic E-state index is 13.0. The zero-order valence-electron chi connectivity index (χ0n) is 18.2. The van der Waals surface area contributed by atoms with Crippen LogP contribution in [0.5, 0.6) is 0 Å². The molecule has 0 spiro atoms. The minimum atomic E-state index is -3.68. The molecule has 0 N–H and O–H groups in total. The number of carbonyl (C=O) groups excluding carboxylic acids is 1. The Hall–Kier alpha value is -3.20. The molecular formula is C22H26N4O4S. The molecule has 1 amide bonds. The lowest BCUT2D eigenvalue weighted by Gasteiger charge is -2.30. The average molecular weight is 443 g/mol. The molecule has 1 heterocycles. The van der Waals surface area contributed by atoms with Gasteiger partial charge in [-0.15, -0.1) is 0 Å². The first-order chi connectivity index (χ1) is 14.6. The summed E-state index contributed by atoms with van der Waals surface area (Å²) in [6.07, 6.45) is 1.09. The molecule has 0 radical (unpaired) electrons. The molecule has 9 heteroatoms. The van der Waals surface area contributed by atoms with Gasteiger partial charge < -0.3 is 9.42 Å². The van der Waals surface area contributed by atoms with Crippen LogP contribution in [-0.2, 0) is 21.4 Å². The lowest BCUT2D eigenvalue weighted by atomic mass is 10.1. The van der Waals surface area contributed by atoms with Crippen LogP contribution in [0.3, 0.4) is 0 Å². The van der Waals surface area contributed by atoms with E-state index in [0.717, 1.165) is 27.3 Å². The minimum Gasteiger partial charge on any atom is -0.337 e. The Bertz CT molecular complexity index is 1170. The number of aryl methyl sites for hydroxylation is 2. The van der Waals surface area contributed by atoms with Crippen LogP contribution < -0.4 is 4.31 Å². The van der Waals surface area contributed by atoms with E-state index < -0.39 is 16.1 Å². The predicted octanol–water partition coefficient (Wildman–Crippen LogP) is 3.17. The van der Waals surface area contributed by atoms with Crippen molar-refractivity contribution in [2.45, 2.75) is 33.4 Å². The normalized spacial score (nSPS) is 12.4. The third-order valence-electron chi connectivity index (χ3n) is 4.85. The van der Waals surface area contributed by atoms with Crippen LogP contribution >= 0.6 is 0 Å². The van der Waals surface area contributed by atoms with Gasteiger partial charge in [0.1, 0.15) is 6.04 Å². The number of hydrogen-bond acceptors (Lipinski definition) is 6. The van der Waals surface area contributed by atoms with E-state index in [-0.39, 0.29) is 18.3 Å². The van der Waals surface area contributed by atoms with Gasteiger partial charge in [0, 0.05) is 12.6 Å². The Kier molecular flexibility index (Phi) is 6.45. The number of aromatic nitrogens is 2. The summed E-state index contributed by atoms with van der Waals surface area (Å²) in [5, 5.41) is 3.98. The topological polar surface area (TPSA) is 96.6 Å². The summed E-state index contributed by atoms with van der Waals surface area (Å²) in [7, 11) is -2.11. The summed E-state index contributed by atoms with van der Waals surface area (Å²) in [4.78, 5) is 18.8. The molecule has 3 aromatic rings. The Labute approximate surface area is 182 Å². The molecular weight excluding hydrogens is 416 g/mol. The fourth-order valence-corrected chi connectivity index (χ4v) is 4.48. The first kappa shape index (κ1) is 22.5. The standard InChI is InChI=1S/C22H26N4O4S/c1-15-9-11-19(12-10-15)26(31(5,28)29)17(3)22(27)25(4)14-20-23-21(24-30-20)18-8-6-7-16(2)13-18/h6-13,17H,14H2,1-5H3/t17-/m0/s1. The Morgan fingerprint density at radius 1 is 1.10 bits per heavy atom. The van der Waals surface area contributed by atoms with Crippen LogP contribution in [0.25, 0.3) is 11.4 Å². The molecule has 0 aliphatic carbocycles. The van der Waals surface area contributed by atoms with E-state index >= 15 is 0 Å². The van der Waals surface area contributed by atoms with E-state index in [1.807, 2.05) is 38.1 Å². The van der Waals surface area contributed by atoms with Crippen LogP contribution in [0.4, 0.5) is 5.69 Å². The van der Waals surface area contributed by atoms with Crippen LogP contribution in [-0.4, -0.2) is 48.7 Å². The molecule has 1 atom stereocenters. The zero-order chi connectivity index (χ0) is 22.8.